The topological polar surface area (TPSA) is 6.48 Å². The first-order valence-electron chi connectivity index (χ1n) is 18.1. The van der Waals surface area contributed by atoms with Crippen LogP contribution < -0.4 is 0 Å². The third kappa shape index (κ3) is 14.5. The highest BCUT2D eigenvalue weighted by Gasteiger charge is 2.44. The molecule has 38 heavy (non-hydrogen) atoms. The Morgan fingerprint density at radius 3 is 1.42 bits per heavy atom. The van der Waals surface area contributed by atoms with Gasteiger partial charge in [-0.3, -0.25) is 0 Å². The molecule has 2 heterocycles. The predicted molar refractivity (Wildman–Crippen MR) is 171 cm³/mol. The molecule has 2 unspecified atom stereocenters. The lowest BCUT2D eigenvalue weighted by molar-refractivity contribution is -0.0510. The van der Waals surface area contributed by atoms with E-state index in [0.29, 0.717) is 5.41 Å². The Bertz CT molecular complexity index is 515. The van der Waals surface area contributed by atoms with Gasteiger partial charge in [-0.1, -0.05) is 143 Å². The van der Waals surface area contributed by atoms with Crippen LogP contribution in [0.5, 0.6) is 0 Å². The van der Waals surface area contributed by atoms with Gasteiger partial charge in [0.15, 0.2) is 0 Å². The summed E-state index contributed by atoms with van der Waals surface area (Å²) in [4.78, 5) is 5.71. The largest absolute Gasteiger partial charge is 0.303 e. The van der Waals surface area contributed by atoms with Crippen molar-refractivity contribution < 1.29 is 0 Å². The van der Waals surface area contributed by atoms with Crippen LogP contribution in [0.1, 0.15) is 175 Å². The van der Waals surface area contributed by atoms with E-state index in [9.17, 15) is 0 Å². The normalized spacial score (nSPS) is 19.6. The van der Waals surface area contributed by atoms with Gasteiger partial charge in [0.25, 0.3) is 0 Å². The molecule has 2 aliphatic heterocycles. The Hall–Kier alpha value is -0.0800. The molecule has 0 saturated carbocycles. The van der Waals surface area contributed by atoms with Gasteiger partial charge in [0, 0.05) is 19.6 Å². The summed E-state index contributed by atoms with van der Waals surface area (Å²) in [5.41, 5.74) is 0.687. The van der Waals surface area contributed by atoms with Crippen molar-refractivity contribution >= 4 is 0 Å². The molecule has 2 nitrogen and oxygen atoms in total. The Morgan fingerprint density at radius 1 is 0.474 bits per heavy atom. The summed E-state index contributed by atoms with van der Waals surface area (Å²) in [6.07, 6.45) is 33.3. The Morgan fingerprint density at radius 2 is 0.895 bits per heavy atom. The number of hydrogen-bond acceptors (Lipinski definition) is 2. The fraction of sp³-hybridized carbons (Fsp3) is 1.00. The van der Waals surface area contributed by atoms with E-state index in [1.165, 1.54) is 187 Å². The smallest absolute Gasteiger partial charge is 0.00514 e. The third-order valence-electron chi connectivity index (χ3n) is 10.3. The average Bonchev–Trinajstić information content (AvgIpc) is 2.91. The molecule has 0 radical (unpaired) electrons. The molecule has 0 N–H and O–H groups in total. The maximum atomic E-state index is 2.88. The van der Waals surface area contributed by atoms with E-state index >= 15 is 0 Å². The van der Waals surface area contributed by atoms with E-state index in [2.05, 4.69) is 37.5 Å². The Balaban J connectivity index is 1.67. The van der Waals surface area contributed by atoms with Gasteiger partial charge in [-0.2, -0.15) is 0 Å². The van der Waals surface area contributed by atoms with Crippen LogP contribution in [0.3, 0.4) is 0 Å². The molecule has 0 aliphatic carbocycles. The van der Waals surface area contributed by atoms with E-state index in [1.807, 2.05) is 0 Å². The Kier molecular flexibility index (Phi) is 19.4. The molecular weight excluding hydrogens is 460 g/mol. The highest BCUT2D eigenvalue weighted by molar-refractivity contribution is 4.98. The second kappa shape index (κ2) is 21.6. The zero-order valence-electron chi connectivity index (χ0n) is 27.1. The molecule has 2 saturated heterocycles. The van der Waals surface area contributed by atoms with Gasteiger partial charge in [0.2, 0.25) is 0 Å². The van der Waals surface area contributed by atoms with E-state index < -0.39 is 0 Å². The van der Waals surface area contributed by atoms with Gasteiger partial charge in [-0.15, -0.1) is 0 Å². The number of piperidine rings is 1. The molecular formula is C36H72N2. The minimum atomic E-state index is 0.687. The molecule has 2 fully saturated rings. The fourth-order valence-electron chi connectivity index (χ4n) is 7.52. The summed E-state index contributed by atoms with van der Waals surface area (Å²) in [6.45, 7) is 17.7. The van der Waals surface area contributed by atoms with Crippen molar-refractivity contribution in [3.8, 4) is 0 Å². The summed E-state index contributed by atoms with van der Waals surface area (Å²) in [5.74, 6) is 1.95. The maximum absolute atomic E-state index is 2.88. The minimum absolute atomic E-state index is 0.687. The lowest BCUT2D eigenvalue weighted by Gasteiger charge is -2.54. The van der Waals surface area contributed by atoms with Crippen LogP contribution in [0, 0.1) is 17.3 Å². The van der Waals surface area contributed by atoms with E-state index in [-0.39, 0.29) is 0 Å². The molecule has 2 atom stereocenters. The van der Waals surface area contributed by atoms with Gasteiger partial charge in [-0.05, 0) is 69.0 Å². The molecule has 2 aliphatic rings. The van der Waals surface area contributed by atoms with Gasteiger partial charge >= 0.3 is 0 Å². The van der Waals surface area contributed by atoms with Crippen LogP contribution in [-0.4, -0.2) is 49.1 Å². The van der Waals surface area contributed by atoms with Crippen molar-refractivity contribution in [1.29, 1.82) is 0 Å². The van der Waals surface area contributed by atoms with Crippen molar-refractivity contribution in [2.24, 2.45) is 17.3 Å². The van der Waals surface area contributed by atoms with Crippen molar-refractivity contribution in [1.82, 2.24) is 9.80 Å². The standard InChI is InChI=1S/C36H72N2/c1-5-9-13-16-20-24-35(23-19-15-11-7-3)31-37-29-26-36(27-30-37)32-38(33-36)28-25-34(21-17-12-8-4)22-18-14-10-6-2/h34-35H,5-33H2,1-4H3. The molecule has 0 aromatic carbocycles. The Labute approximate surface area is 241 Å². The van der Waals surface area contributed by atoms with Crippen LogP contribution in [-0.2, 0) is 0 Å². The first-order valence-corrected chi connectivity index (χ1v) is 18.1. The number of likely N-dealkylation sites (tertiary alicyclic amines) is 2. The van der Waals surface area contributed by atoms with Crippen molar-refractivity contribution in [2.75, 3.05) is 39.3 Å². The first kappa shape index (κ1) is 34.1. The van der Waals surface area contributed by atoms with Crippen molar-refractivity contribution in [3.63, 3.8) is 0 Å². The summed E-state index contributed by atoms with van der Waals surface area (Å²) in [6, 6.07) is 0. The monoisotopic (exact) mass is 533 g/mol. The molecule has 0 amide bonds. The molecule has 0 bridgehead atoms. The first-order chi connectivity index (χ1) is 18.6. The summed E-state index contributed by atoms with van der Waals surface area (Å²) < 4.78 is 0. The number of rotatable bonds is 25. The lowest BCUT2D eigenvalue weighted by atomic mass is 9.71. The van der Waals surface area contributed by atoms with Crippen LogP contribution >= 0.6 is 0 Å². The molecule has 2 rings (SSSR count). The van der Waals surface area contributed by atoms with Gasteiger partial charge < -0.3 is 9.80 Å². The van der Waals surface area contributed by atoms with Gasteiger partial charge in [-0.25, -0.2) is 0 Å². The van der Waals surface area contributed by atoms with Gasteiger partial charge in [0.05, 0.1) is 0 Å². The van der Waals surface area contributed by atoms with E-state index in [0.717, 1.165) is 11.8 Å². The van der Waals surface area contributed by atoms with Gasteiger partial charge in [0.1, 0.15) is 0 Å². The van der Waals surface area contributed by atoms with Crippen LogP contribution in [0.2, 0.25) is 0 Å². The zero-order chi connectivity index (χ0) is 27.3. The summed E-state index contributed by atoms with van der Waals surface area (Å²) >= 11 is 0. The quantitative estimate of drug-likeness (QED) is 0.108. The number of hydrogen-bond donors (Lipinski definition) is 0. The second-order valence-electron chi connectivity index (χ2n) is 13.9. The molecule has 226 valence electrons. The second-order valence-corrected chi connectivity index (χ2v) is 13.9. The van der Waals surface area contributed by atoms with Crippen LogP contribution in [0.25, 0.3) is 0 Å². The molecule has 1 spiro atoms. The molecule has 0 aromatic rings. The SMILES string of the molecule is CCCCCCCC(CCCCCC)CN1CCC2(CC1)CN(CCC(CCCCC)CCCCCC)C2. The van der Waals surface area contributed by atoms with Crippen LogP contribution in [0.15, 0.2) is 0 Å². The minimum Gasteiger partial charge on any atom is -0.303 e. The maximum Gasteiger partial charge on any atom is 0.00514 e. The third-order valence-corrected chi connectivity index (χ3v) is 10.3. The molecule has 2 heteroatoms. The van der Waals surface area contributed by atoms with E-state index in [1.54, 1.807) is 0 Å². The molecule has 0 aromatic heterocycles. The average molecular weight is 533 g/mol. The van der Waals surface area contributed by atoms with Crippen LogP contribution in [0.4, 0.5) is 0 Å². The van der Waals surface area contributed by atoms with Crippen molar-refractivity contribution in [2.45, 2.75) is 175 Å². The summed E-state index contributed by atoms with van der Waals surface area (Å²) in [5, 5.41) is 0. The predicted octanol–water partition coefficient (Wildman–Crippen LogP) is 10.9. The fourth-order valence-corrected chi connectivity index (χ4v) is 7.52. The highest BCUT2D eigenvalue weighted by Crippen LogP contribution is 2.41. The lowest BCUT2D eigenvalue weighted by Crippen LogP contribution is -2.60. The highest BCUT2D eigenvalue weighted by atomic mass is 15.2. The number of nitrogens with zero attached hydrogens (tertiary/aromatic N) is 2. The van der Waals surface area contributed by atoms with E-state index in [4.69, 9.17) is 0 Å². The number of unbranched alkanes of at least 4 members (excludes halogenated alkanes) is 12. The van der Waals surface area contributed by atoms with Crippen molar-refractivity contribution in [3.05, 3.63) is 0 Å². The summed E-state index contributed by atoms with van der Waals surface area (Å²) in [7, 11) is 0. The zero-order valence-corrected chi connectivity index (χ0v) is 27.1.